The third-order valence-corrected chi connectivity index (χ3v) is 3.61. The molecule has 5 nitrogen and oxygen atoms in total. The Balaban J connectivity index is 2.43. The highest BCUT2D eigenvalue weighted by Crippen LogP contribution is 2.31. The maximum absolute atomic E-state index is 11.2. The second-order valence-corrected chi connectivity index (χ2v) is 5.06. The zero-order chi connectivity index (χ0) is 13.1. The number of fused-ring (bicyclic) bond motifs is 1. The van der Waals surface area contributed by atoms with Crippen molar-refractivity contribution >= 4 is 27.2 Å². The molecule has 1 heterocycles. The van der Waals surface area contributed by atoms with Crippen LogP contribution in [0, 0.1) is 10.1 Å². The summed E-state index contributed by atoms with van der Waals surface area (Å²) in [6.07, 6.45) is 1.27. The van der Waals surface area contributed by atoms with Gasteiger partial charge in [0.05, 0.1) is 21.2 Å². The standard InChI is InChI=1S/C12H14N2O3S/c1-2-3-9(15)6-8-4-5-10-11(13-7-18-10)12(8)14(16)17/h4-5,7,9,15H,2-3,6H2,1H3. The fourth-order valence-electron chi connectivity index (χ4n) is 2.02. The van der Waals surface area contributed by atoms with E-state index in [4.69, 9.17) is 0 Å². The second kappa shape index (κ2) is 5.41. The topological polar surface area (TPSA) is 76.3 Å². The molecule has 1 unspecified atom stereocenters. The molecule has 1 aromatic carbocycles. The van der Waals surface area contributed by atoms with E-state index < -0.39 is 11.0 Å². The van der Waals surface area contributed by atoms with Gasteiger partial charge >= 0.3 is 0 Å². The van der Waals surface area contributed by atoms with Crippen LogP contribution in [0.3, 0.4) is 0 Å². The monoisotopic (exact) mass is 266 g/mol. The van der Waals surface area contributed by atoms with Gasteiger partial charge in [-0.2, -0.15) is 0 Å². The van der Waals surface area contributed by atoms with Crippen molar-refractivity contribution < 1.29 is 10.0 Å². The smallest absolute Gasteiger partial charge is 0.299 e. The van der Waals surface area contributed by atoms with E-state index in [0.717, 1.165) is 11.1 Å². The zero-order valence-electron chi connectivity index (χ0n) is 10.00. The minimum atomic E-state index is -0.537. The van der Waals surface area contributed by atoms with Crippen LogP contribution in [0.1, 0.15) is 25.3 Å². The number of thiazole rings is 1. The molecular weight excluding hydrogens is 252 g/mol. The largest absolute Gasteiger partial charge is 0.393 e. The highest BCUT2D eigenvalue weighted by molar-refractivity contribution is 7.16. The van der Waals surface area contributed by atoms with Gasteiger partial charge in [-0.1, -0.05) is 19.4 Å². The highest BCUT2D eigenvalue weighted by atomic mass is 32.1. The van der Waals surface area contributed by atoms with Gasteiger partial charge in [-0.05, 0) is 12.5 Å². The normalized spacial score (nSPS) is 12.8. The number of nitro groups is 1. The fourth-order valence-corrected chi connectivity index (χ4v) is 2.70. The van der Waals surface area contributed by atoms with Gasteiger partial charge in [0.15, 0.2) is 5.52 Å². The van der Waals surface area contributed by atoms with E-state index >= 15 is 0 Å². The van der Waals surface area contributed by atoms with Gasteiger partial charge in [0.2, 0.25) is 0 Å². The van der Waals surface area contributed by atoms with Gasteiger partial charge in [0.25, 0.3) is 5.69 Å². The van der Waals surface area contributed by atoms with Gasteiger partial charge in [-0.3, -0.25) is 10.1 Å². The van der Waals surface area contributed by atoms with E-state index in [1.54, 1.807) is 11.6 Å². The zero-order valence-corrected chi connectivity index (χ0v) is 10.8. The fraction of sp³-hybridized carbons (Fsp3) is 0.417. The van der Waals surface area contributed by atoms with Crippen molar-refractivity contribution in [3.05, 3.63) is 33.3 Å². The van der Waals surface area contributed by atoms with Crippen LogP contribution in [0.15, 0.2) is 17.6 Å². The number of hydrogen-bond acceptors (Lipinski definition) is 5. The summed E-state index contributed by atoms with van der Waals surface area (Å²) in [6, 6.07) is 3.55. The first kappa shape index (κ1) is 12.9. The molecule has 0 saturated heterocycles. The van der Waals surface area contributed by atoms with Gasteiger partial charge in [-0.15, -0.1) is 11.3 Å². The molecule has 0 radical (unpaired) electrons. The Labute approximate surface area is 108 Å². The number of rotatable bonds is 5. The number of aliphatic hydroxyl groups is 1. The molecule has 0 amide bonds. The molecule has 0 aliphatic carbocycles. The van der Waals surface area contributed by atoms with Crippen molar-refractivity contribution in [3.63, 3.8) is 0 Å². The molecule has 1 N–H and O–H groups in total. The predicted molar refractivity (Wildman–Crippen MR) is 70.9 cm³/mol. The Hall–Kier alpha value is -1.53. The highest BCUT2D eigenvalue weighted by Gasteiger charge is 2.21. The SMILES string of the molecule is CCCC(O)Cc1ccc2scnc2c1[N+](=O)[O-]. The summed E-state index contributed by atoms with van der Waals surface area (Å²) in [6.45, 7) is 1.97. The van der Waals surface area contributed by atoms with Crippen molar-refractivity contribution in [2.75, 3.05) is 0 Å². The Morgan fingerprint density at radius 2 is 2.33 bits per heavy atom. The lowest BCUT2D eigenvalue weighted by Crippen LogP contribution is -2.11. The Morgan fingerprint density at radius 1 is 1.56 bits per heavy atom. The van der Waals surface area contributed by atoms with Crippen LogP contribution in [0.2, 0.25) is 0 Å². The molecule has 2 rings (SSSR count). The van der Waals surface area contributed by atoms with Crippen molar-refractivity contribution in [1.82, 2.24) is 4.98 Å². The van der Waals surface area contributed by atoms with Crippen LogP contribution in [0.5, 0.6) is 0 Å². The van der Waals surface area contributed by atoms with Gasteiger partial charge in [0.1, 0.15) is 0 Å². The summed E-state index contributed by atoms with van der Waals surface area (Å²) in [4.78, 5) is 14.8. The van der Waals surface area contributed by atoms with E-state index in [1.165, 1.54) is 11.3 Å². The number of nitrogens with zero attached hydrogens (tertiary/aromatic N) is 2. The van der Waals surface area contributed by atoms with Crippen LogP contribution < -0.4 is 0 Å². The van der Waals surface area contributed by atoms with E-state index in [0.29, 0.717) is 23.9 Å². The average Bonchev–Trinajstić information content (AvgIpc) is 2.76. The quantitative estimate of drug-likeness (QED) is 0.666. The summed E-state index contributed by atoms with van der Waals surface area (Å²) >= 11 is 1.38. The summed E-state index contributed by atoms with van der Waals surface area (Å²) in [7, 11) is 0. The van der Waals surface area contributed by atoms with Gasteiger partial charge in [0, 0.05) is 12.0 Å². The number of aliphatic hydroxyl groups excluding tert-OH is 1. The molecule has 0 aliphatic heterocycles. The molecule has 0 fully saturated rings. The first-order valence-electron chi connectivity index (χ1n) is 5.81. The summed E-state index contributed by atoms with van der Waals surface area (Å²) in [5.41, 5.74) is 2.61. The van der Waals surface area contributed by atoms with Crippen LogP contribution in [-0.2, 0) is 6.42 Å². The lowest BCUT2D eigenvalue weighted by Gasteiger charge is -2.09. The molecule has 1 aromatic heterocycles. The third kappa shape index (κ3) is 2.49. The molecule has 2 aromatic rings. The molecule has 1 atom stereocenters. The van der Waals surface area contributed by atoms with Gasteiger partial charge in [-0.25, -0.2) is 4.98 Å². The van der Waals surface area contributed by atoms with Crippen molar-refractivity contribution in [2.45, 2.75) is 32.3 Å². The Morgan fingerprint density at radius 3 is 3.00 bits per heavy atom. The molecule has 0 spiro atoms. The first-order chi connectivity index (χ1) is 8.63. The van der Waals surface area contributed by atoms with E-state index in [1.807, 2.05) is 13.0 Å². The van der Waals surface area contributed by atoms with Crippen LogP contribution in [0.4, 0.5) is 5.69 Å². The summed E-state index contributed by atoms with van der Waals surface area (Å²) in [5, 5.41) is 21.0. The molecule has 18 heavy (non-hydrogen) atoms. The maximum Gasteiger partial charge on any atom is 0.299 e. The van der Waals surface area contributed by atoms with Crippen molar-refractivity contribution in [1.29, 1.82) is 0 Å². The van der Waals surface area contributed by atoms with Gasteiger partial charge < -0.3 is 5.11 Å². The third-order valence-electron chi connectivity index (χ3n) is 2.82. The number of aromatic nitrogens is 1. The first-order valence-corrected chi connectivity index (χ1v) is 6.69. The van der Waals surface area contributed by atoms with E-state index in [-0.39, 0.29) is 5.69 Å². The predicted octanol–water partition coefficient (Wildman–Crippen LogP) is 2.91. The molecule has 96 valence electrons. The second-order valence-electron chi connectivity index (χ2n) is 4.18. The minimum Gasteiger partial charge on any atom is -0.393 e. The van der Waals surface area contributed by atoms with Crippen molar-refractivity contribution in [3.8, 4) is 0 Å². The molecule has 0 bridgehead atoms. The lowest BCUT2D eigenvalue weighted by molar-refractivity contribution is -0.384. The summed E-state index contributed by atoms with van der Waals surface area (Å²) < 4.78 is 0.801. The number of nitro benzene ring substituents is 1. The molecular formula is C12H14N2O3S. The van der Waals surface area contributed by atoms with Crippen LogP contribution in [-0.4, -0.2) is 21.1 Å². The Kier molecular flexibility index (Phi) is 3.88. The molecule has 6 heteroatoms. The van der Waals surface area contributed by atoms with Crippen LogP contribution in [0.25, 0.3) is 10.2 Å². The molecule has 0 saturated carbocycles. The average molecular weight is 266 g/mol. The van der Waals surface area contributed by atoms with E-state index in [2.05, 4.69) is 4.98 Å². The number of hydrogen-bond donors (Lipinski definition) is 1. The minimum absolute atomic E-state index is 0.0314. The lowest BCUT2D eigenvalue weighted by atomic mass is 10.0. The molecule has 0 aliphatic rings. The maximum atomic E-state index is 11.2. The van der Waals surface area contributed by atoms with E-state index in [9.17, 15) is 15.2 Å². The van der Waals surface area contributed by atoms with Crippen LogP contribution >= 0.6 is 11.3 Å². The summed E-state index contributed by atoms with van der Waals surface area (Å²) in [5.74, 6) is 0. The van der Waals surface area contributed by atoms with Crippen molar-refractivity contribution in [2.24, 2.45) is 0 Å². The number of benzene rings is 1. The Bertz CT molecular complexity index is 567.